The average Bonchev–Trinajstić information content (AvgIpc) is 2.95. The zero-order valence-corrected chi connectivity index (χ0v) is 13.2. The molecule has 0 unspecified atom stereocenters. The molecule has 116 valence electrons. The molecule has 6 nitrogen and oxygen atoms in total. The van der Waals surface area contributed by atoms with Crippen molar-refractivity contribution in [2.75, 3.05) is 13.6 Å². The highest BCUT2D eigenvalue weighted by Crippen LogP contribution is 2.08. The molecular weight excluding hydrogens is 300 g/mol. The number of thiophene rings is 1. The van der Waals surface area contributed by atoms with Gasteiger partial charge in [-0.2, -0.15) is 11.3 Å². The van der Waals surface area contributed by atoms with E-state index < -0.39 is 0 Å². The fraction of sp³-hybridized carbons (Fsp3) is 0.400. The number of nitrogens with one attached hydrogen (secondary N) is 1. The lowest BCUT2D eigenvalue weighted by atomic mass is 10.3. The average molecular weight is 318 g/mol. The van der Waals surface area contributed by atoms with E-state index in [1.807, 2.05) is 12.4 Å². The minimum absolute atomic E-state index is 0.0416. The lowest BCUT2D eigenvalue weighted by Crippen LogP contribution is -2.29. The minimum Gasteiger partial charge on any atom is -0.346 e. The van der Waals surface area contributed by atoms with E-state index in [1.165, 1.54) is 17.4 Å². The summed E-state index contributed by atoms with van der Waals surface area (Å²) in [6.07, 6.45) is 0.944. The summed E-state index contributed by atoms with van der Waals surface area (Å²) in [5.41, 5.74) is 1.20. The molecule has 1 N–H and O–H groups in total. The molecule has 0 radical (unpaired) electrons. The van der Waals surface area contributed by atoms with Crippen molar-refractivity contribution >= 4 is 17.2 Å². The van der Waals surface area contributed by atoms with Gasteiger partial charge in [0.1, 0.15) is 5.82 Å². The summed E-state index contributed by atoms with van der Waals surface area (Å²) in [6.45, 7) is 2.57. The van der Waals surface area contributed by atoms with Gasteiger partial charge >= 0.3 is 0 Å². The molecule has 3 heterocycles. The van der Waals surface area contributed by atoms with E-state index in [4.69, 9.17) is 0 Å². The maximum Gasteiger partial charge on any atom is 0.253 e. The van der Waals surface area contributed by atoms with Crippen LogP contribution >= 0.6 is 11.3 Å². The SMILES string of the molecule is CN1CCCn2c(nc(CNC(=O)c3ccsc3)cc2=O)C1. The van der Waals surface area contributed by atoms with Crippen molar-refractivity contribution in [3.63, 3.8) is 0 Å². The van der Waals surface area contributed by atoms with Crippen LogP contribution in [0.25, 0.3) is 0 Å². The number of nitrogens with zero attached hydrogens (tertiary/aromatic N) is 3. The van der Waals surface area contributed by atoms with Gasteiger partial charge in [0.05, 0.1) is 18.8 Å². The predicted octanol–water partition coefficient (Wildman–Crippen LogP) is 1.07. The zero-order valence-electron chi connectivity index (χ0n) is 12.4. The molecule has 0 aliphatic carbocycles. The quantitative estimate of drug-likeness (QED) is 0.919. The Labute approximate surface area is 132 Å². The summed E-state index contributed by atoms with van der Waals surface area (Å²) < 4.78 is 1.73. The van der Waals surface area contributed by atoms with Crippen molar-refractivity contribution in [3.05, 3.63) is 50.3 Å². The Morgan fingerprint density at radius 3 is 3.09 bits per heavy atom. The molecule has 22 heavy (non-hydrogen) atoms. The molecule has 3 rings (SSSR count). The first-order valence-corrected chi connectivity index (χ1v) is 8.16. The molecule has 0 aromatic carbocycles. The first kappa shape index (κ1) is 14.9. The van der Waals surface area contributed by atoms with Crippen molar-refractivity contribution in [3.8, 4) is 0 Å². The standard InChI is InChI=1S/C15H18N4O2S/c1-18-4-2-5-19-13(9-18)17-12(7-14(19)20)8-16-15(21)11-3-6-22-10-11/h3,6-7,10H,2,4-5,8-9H2,1H3,(H,16,21). The van der Waals surface area contributed by atoms with Crippen molar-refractivity contribution in [2.24, 2.45) is 0 Å². The van der Waals surface area contributed by atoms with Crippen molar-refractivity contribution < 1.29 is 4.79 Å². The van der Waals surface area contributed by atoms with Crippen LogP contribution in [-0.4, -0.2) is 34.0 Å². The van der Waals surface area contributed by atoms with Crippen LogP contribution in [0.3, 0.4) is 0 Å². The molecule has 7 heteroatoms. The highest BCUT2D eigenvalue weighted by atomic mass is 32.1. The topological polar surface area (TPSA) is 67.2 Å². The van der Waals surface area contributed by atoms with Gasteiger partial charge in [-0.3, -0.25) is 19.1 Å². The van der Waals surface area contributed by atoms with Crippen LogP contribution in [0.2, 0.25) is 0 Å². The molecule has 1 aliphatic heterocycles. The third-order valence-electron chi connectivity index (χ3n) is 3.69. The summed E-state index contributed by atoms with van der Waals surface area (Å²) in [6, 6.07) is 3.29. The van der Waals surface area contributed by atoms with Crippen molar-refractivity contribution in [2.45, 2.75) is 26.1 Å². The molecule has 0 spiro atoms. The maximum absolute atomic E-state index is 12.2. The van der Waals surface area contributed by atoms with Crippen LogP contribution in [0, 0.1) is 0 Å². The Morgan fingerprint density at radius 1 is 1.45 bits per heavy atom. The molecule has 0 saturated heterocycles. The Bertz CT molecular complexity index is 724. The zero-order chi connectivity index (χ0) is 15.5. The first-order valence-electron chi connectivity index (χ1n) is 7.22. The number of carbonyl (C=O) groups is 1. The van der Waals surface area contributed by atoms with Gasteiger partial charge in [0, 0.05) is 30.1 Å². The lowest BCUT2D eigenvalue weighted by molar-refractivity contribution is 0.0951. The Kier molecular flexibility index (Phi) is 4.35. The van der Waals surface area contributed by atoms with Gasteiger partial charge in [0.25, 0.3) is 11.5 Å². The van der Waals surface area contributed by atoms with E-state index in [0.29, 0.717) is 24.3 Å². The number of amides is 1. The van der Waals surface area contributed by atoms with Crippen LogP contribution in [0.4, 0.5) is 0 Å². The van der Waals surface area contributed by atoms with Gasteiger partial charge in [0.2, 0.25) is 0 Å². The number of hydrogen-bond donors (Lipinski definition) is 1. The summed E-state index contributed by atoms with van der Waals surface area (Å²) >= 11 is 1.48. The molecule has 0 fully saturated rings. The minimum atomic E-state index is -0.143. The summed E-state index contributed by atoms with van der Waals surface area (Å²) in [5, 5.41) is 6.46. The van der Waals surface area contributed by atoms with Crippen LogP contribution in [-0.2, 0) is 19.6 Å². The maximum atomic E-state index is 12.2. The first-order chi connectivity index (χ1) is 10.6. The molecule has 0 bridgehead atoms. The molecular formula is C15H18N4O2S. The molecule has 1 amide bonds. The van der Waals surface area contributed by atoms with Gasteiger partial charge in [-0.1, -0.05) is 0 Å². The highest BCUT2D eigenvalue weighted by molar-refractivity contribution is 7.08. The fourth-order valence-corrected chi connectivity index (χ4v) is 3.18. The van der Waals surface area contributed by atoms with Crippen LogP contribution < -0.4 is 10.9 Å². The molecule has 2 aromatic rings. The van der Waals surface area contributed by atoms with E-state index in [1.54, 1.807) is 16.0 Å². The van der Waals surface area contributed by atoms with E-state index in [2.05, 4.69) is 15.2 Å². The van der Waals surface area contributed by atoms with Gasteiger partial charge in [0.15, 0.2) is 0 Å². The van der Waals surface area contributed by atoms with Crippen LogP contribution in [0.15, 0.2) is 27.7 Å². The molecule has 1 aliphatic rings. The molecule has 2 aromatic heterocycles. The number of aromatic nitrogens is 2. The second-order valence-corrected chi connectivity index (χ2v) is 6.22. The van der Waals surface area contributed by atoms with Gasteiger partial charge in [-0.05, 0) is 24.9 Å². The molecule has 0 atom stereocenters. The largest absolute Gasteiger partial charge is 0.346 e. The smallest absolute Gasteiger partial charge is 0.253 e. The van der Waals surface area contributed by atoms with Gasteiger partial charge < -0.3 is 5.32 Å². The second kappa shape index (κ2) is 6.41. The normalized spacial score (nSPS) is 15.1. The third-order valence-corrected chi connectivity index (χ3v) is 4.37. The fourth-order valence-electron chi connectivity index (χ4n) is 2.54. The number of fused-ring (bicyclic) bond motifs is 1. The van der Waals surface area contributed by atoms with E-state index in [0.717, 1.165) is 18.8 Å². The van der Waals surface area contributed by atoms with E-state index in [-0.39, 0.29) is 18.0 Å². The van der Waals surface area contributed by atoms with Crippen LogP contribution in [0.5, 0.6) is 0 Å². The second-order valence-electron chi connectivity index (χ2n) is 5.44. The summed E-state index contributed by atoms with van der Waals surface area (Å²) in [5.74, 6) is 0.627. The Balaban J connectivity index is 1.76. The monoisotopic (exact) mass is 318 g/mol. The van der Waals surface area contributed by atoms with Gasteiger partial charge in [-0.25, -0.2) is 4.98 Å². The van der Waals surface area contributed by atoms with E-state index >= 15 is 0 Å². The predicted molar refractivity (Wildman–Crippen MR) is 84.9 cm³/mol. The van der Waals surface area contributed by atoms with E-state index in [9.17, 15) is 9.59 Å². The number of hydrogen-bond acceptors (Lipinski definition) is 5. The summed E-state index contributed by atoms with van der Waals surface area (Å²) in [7, 11) is 2.02. The third kappa shape index (κ3) is 3.26. The van der Waals surface area contributed by atoms with Crippen molar-refractivity contribution in [1.82, 2.24) is 19.8 Å². The number of carbonyl (C=O) groups excluding carboxylic acids is 1. The Hall–Kier alpha value is -1.99. The number of rotatable bonds is 3. The summed E-state index contributed by atoms with van der Waals surface area (Å²) in [4.78, 5) is 30.8. The van der Waals surface area contributed by atoms with Crippen molar-refractivity contribution in [1.29, 1.82) is 0 Å². The highest BCUT2D eigenvalue weighted by Gasteiger charge is 2.15. The lowest BCUT2D eigenvalue weighted by Gasteiger charge is -2.13. The Morgan fingerprint density at radius 2 is 2.32 bits per heavy atom. The molecule has 0 saturated carbocycles. The van der Waals surface area contributed by atoms with Gasteiger partial charge in [-0.15, -0.1) is 0 Å². The van der Waals surface area contributed by atoms with Crippen LogP contribution in [0.1, 0.15) is 28.3 Å².